The van der Waals surface area contributed by atoms with Crippen molar-refractivity contribution in [2.75, 3.05) is 26.7 Å². The van der Waals surface area contributed by atoms with E-state index in [0.717, 1.165) is 44.3 Å². The number of rotatable bonds is 3. The Morgan fingerprint density at radius 1 is 1.23 bits per heavy atom. The van der Waals surface area contributed by atoms with Crippen LogP contribution >= 0.6 is 0 Å². The van der Waals surface area contributed by atoms with Gasteiger partial charge in [0.15, 0.2) is 0 Å². The van der Waals surface area contributed by atoms with E-state index in [4.69, 9.17) is 4.74 Å². The van der Waals surface area contributed by atoms with Gasteiger partial charge in [0, 0.05) is 45.1 Å². The van der Waals surface area contributed by atoms with Crippen molar-refractivity contribution in [3.63, 3.8) is 0 Å². The van der Waals surface area contributed by atoms with Crippen molar-refractivity contribution in [2.24, 2.45) is 0 Å². The molecule has 2 aliphatic heterocycles. The molecule has 0 unspecified atom stereocenters. The van der Waals surface area contributed by atoms with Crippen molar-refractivity contribution < 1.29 is 14.3 Å². The molecule has 0 radical (unpaired) electrons. The fourth-order valence-corrected chi connectivity index (χ4v) is 4.61. The summed E-state index contributed by atoms with van der Waals surface area (Å²) in [5.41, 5.74) is 3.29. The van der Waals surface area contributed by atoms with Crippen LogP contribution in [0.25, 0.3) is 0 Å². The highest BCUT2D eigenvalue weighted by Gasteiger charge is 2.44. The van der Waals surface area contributed by atoms with Gasteiger partial charge in [-0.1, -0.05) is 0 Å². The minimum absolute atomic E-state index is 0.187. The van der Waals surface area contributed by atoms with E-state index in [9.17, 15) is 9.59 Å². The van der Waals surface area contributed by atoms with E-state index >= 15 is 0 Å². The van der Waals surface area contributed by atoms with Gasteiger partial charge in [0.05, 0.1) is 12.2 Å². The van der Waals surface area contributed by atoms with Gasteiger partial charge in [-0.2, -0.15) is 5.10 Å². The summed E-state index contributed by atoms with van der Waals surface area (Å²) >= 11 is 0. The zero-order valence-electron chi connectivity index (χ0n) is 15.6. The molecular weight excluding hydrogens is 332 g/mol. The Labute approximate surface area is 154 Å². The number of aryl methyl sites for hydroxylation is 2. The topological polar surface area (TPSA) is 78.5 Å². The van der Waals surface area contributed by atoms with Crippen LogP contribution in [0.1, 0.15) is 55.5 Å². The Balaban J connectivity index is 1.33. The minimum Gasteiger partial charge on any atom is -0.441 e. The monoisotopic (exact) mass is 360 g/mol. The number of fused-ring (bicyclic) bond motifs is 1. The van der Waals surface area contributed by atoms with Crippen molar-refractivity contribution in [1.82, 2.24) is 20.0 Å². The van der Waals surface area contributed by atoms with Crippen LogP contribution in [0.4, 0.5) is 4.79 Å². The molecule has 3 aliphatic rings. The molecule has 7 heteroatoms. The first kappa shape index (κ1) is 17.4. The van der Waals surface area contributed by atoms with Gasteiger partial charge in [0.25, 0.3) is 0 Å². The third kappa shape index (κ3) is 3.31. The van der Waals surface area contributed by atoms with Crippen molar-refractivity contribution in [3.8, 4) is 0 Å². The molecule has 0 bridgehead atoms. The number of H-pyrrole nitrogens is 1. The van der Waals surface area contributed by atoms with Gasteiger partial charge in [-0.15, -0.1) is 0 Å². The average Bonchev–Trinajstić information content (AvgIpc) is 3.09. The highest BCUT2D eigenvalue weighted by molar-refractivity contribution is 5.76. The lowest BCUT2D eigenvalue weighted by Crippen LogP contribution is -2.37. The molecule has 4 rings (SSSR count). The zero-order chi connectivity index (χ0) is 18.1. The molecular formula is C19H28N4O3. The fourth-order valence-electron chi connectivity index (χ4n) is 4.61. The lowest BCUT2D eigenvalue weighted by Gasteiger charge is -2.25. The van der Waals surface area contributed by atoms with Crippen LogP contribution in [-0.4, -0.2) is 64.3 Å². The maximum atomic E-state index is 12.7. The molecule has 7 nitrogen and oxygen atoms in total. The second-order valence-electron chi connectivity index (χ2n) is 7.98. The van der Waals surface area contributed by atoms with E-state index in [1.807, 2.05) is 4.90 Å². The molecule has 1 aromatic rings. The molecule has 1 atom stereocenters. The summed E-state index contributed by atoms with van der Waals surface area (Å²) in [5, 5.41) is 7.60. The molecule has 1 spiro atoms. The number of aromatic amines is 1. The molecule has 3 heterocycles. The molecule has 2 fully saturated rings. The quantitative estimate of drug-likeness (QED) is 0.895. The SMILES string of the molecule is CN1C[C@]2(CCCN(C(=O)CCc3n[nH]c4c3CCCC4)CC2)OC1=O. The molecule has 1 N–H and O–H groups in total. The summed E-state index contributed by atoms with van der Waals surface area (Å²) in [7, 11) is 1.77. The summed E-state index contributed by atoms with van der Waals surface area (Å²) in [6, 6.07) is 0. The molecule has 2 saturated heterocycles. The summed E-state index contributed by atoms with van der Waals surface area (Å²) < 4.78 is 5.63. The van der Waals surface area contributed by atoms with Gasteiger partial charge in [-0.3, -0.25) is 9.89 Å². The minimum atomic E-state index is -0.401. The average molecular weight is 360 g/mol. The Morgan fingerprint density at radius 2 is 2.08 bits per heavy atom. The largest absolute Gasteiger partial charge is 0.441 e. The van der Waals surface area contributed by atoms with Crippen LogP contribution in [0.15, 0.2) is 0 Å². The van der Waals surface area contributed by atoms with E-state index < -0.39 is 5.60 Å². The van der Waals surface area contributed by atoms with Gasteiger partial charge in [-0.25, -0.2) is 4.79 Å². The van der Waals surface area contributed by atoms with Gasteiger partial charge in [-0.05, 0) is 44.1 Å². The zero-order valence-corrected chi connectivity index (χ0v) is 15.6. The van der Waals surface area contributed by atoms with Crippen LogP contribution in [-0.2, 0) is 28.8 Å². The first-order valence-corrected chi connectivity index (χ1v) is 9.83. The number of hydrogen-bond donors (Lipinski definition) is 1. The number of likely N-dealkylation sites (tertiary alicyclic amines) is 1. The molecule has 26 heavy (non-hydrogen) atoms. The van der Waals surface area contributed by atoms with E-state index in [2.05, 4.69) is 10.2 Å². The van der Waals surface area contributed by atoms with Crippen LogP contribution in [0.2, 0.25) is 0 Å². The second-order valence-corrected chi connectivity index (χ2v) is 7.98. The lowest BCUT2D eigenvalue weighted by atomic mass is 9.94. The van der Waals surface area contributed by atoms with Crippen LogP contribution in [0.3, 0.4) is 0 Å². The van der Waals surface area contributed by atoms with Gasteiger partial charge in [0.1, 0.15) is 5.60 Å². The van der Waals surface area contributed by atoms with Gasteiger partial charge < -0.3 is 14.5 Å². The first-order chi connectivity index (χ1) is 12.6. The Hall–Kier alpha value is -2.05. The number of likely N-dealkylation sites (N-methyl/N-ethyl adjacent to an activating group) is 1. The standard InChI is InChI=1S/C19H28N4O3/c1-22-13-19(26-18(22)25)9-4-11-23(12-10-19)17(24)8-7-16-14-5-2-3-6-15(14)20-21-16/h2-13H2,1H3,(H,20,21)/t19-/m1/s1. The van der Waals surface area contributed by atoms with Crippen molar-refractivity contribution in [1.29, 1.82) is 0 Å². The molecule has 142 valence electrons. The van der Waals surface area contributed by atoms with Gasteiger partial charge >= 0.3 is 6.09 Å². The third-order valence-corrected chi connectivity index (χ3v) is 6.11. The second kappa shape index (κ2) is 6.93. The number of hydrogen-bond acceptors (Lipinski definition) is 4. The van der Waals surface area contributed by atoms with Crippen LogP contribution < -0.4 is 0 Å². The molecule has 1 aliphatic carbocycles. The van der Waals surface area contributed by atoms with E-state index in [0.29, 0.717) is 25.9 Å². The number of amides is 2. The van der Waals surface area contributed by atoms with Crippen LogP contribution in [0, 0.1) is 0 Å². The summed E-state index contributed by atoms with van der Waals surface area (Å²) in [4.78, 5) is 28.0. The number of nitrogens with one attached hydrogen (secondary N) is 1. The van der Waals surface area contributed by atoms with E-state index in [-0.39, 0.29) is 12.0 Å². The third-order valence-electron chi connectivity index (χ3n) is 6.11. The number of carbonyl (C=O) groups is 2. The first-order valence-electron chi connectivity index (χ1n) is 9.83. The van der Waals surface area contributed by atoms with Crippen LogP contribution in [0.5, 0.6) is 0 Å². The fraction of sp³-hybridized carbons (Fsp3) is 0.737. The predicted molar refractivity (Wildman–Crippen MR) is 95.8 cm³/mol. The predicted octanol–water partition coefficient (Wildman–Crippen LogP) is 2.05. The Morgan fingerprint density at radius 3 is 2.88 bits per heavy atom. The number of carbonyl (C=O) groups excluding carboxylic acids is 2. The molecule has 0 aromatic carbocycles. The molecule has 2 amide bonds. The van der Waals surface area contributed by atoms with Gasteiger partial charge in [0.2, 0.25) is 5.91 Å². The van der Waals surface area contributed by atoms with Crippen molar-refractivity contribution >= 4 is 12.0 Å². The normalized spacial score (nSPS) is 26.0. The highest BCUT2D eigenvalue weighted by Crippen LogP contribution is 2.32. The number of aromatic nitrogens is 2. The summed E-state index contributed by atoms with van der Waals surface area (Å²) in [6.45, 7) is 2.05. The molecule has 1 aromatic heterocycles. The molecule has 0 saturated carbocycles. The van der Waals surface area contributed by atoms with E-state index in [1.165, 1.54) is 24.1 Å². The van der Waals surface area contributed by atoms with Crippen molar-refractivity contribution in [2.45, 2.75) is 63.4 Å². The van der Waals surface area contributed by atoms with E-state index in [1.54, 1.807) is 11.9 Å². The maximum Gasteiger partial charge on any atom is 0.410 e. The summed E-state index contributed by atoms with van der Waals surface area (Å²) in [5.74, 6) is 0.187. The lowest BCUT2D eigenvalue weighted by molar-refractivity contribution is -0.131. The Kier molecular flexibility index (Phi) is 4.63. The highest BCUT2D eigenvalue weighted by atomic mass is 16.6. The smallest absolute Gasteiger partial charge is 0.410 e. The summed E-state index contributed by atoms with van der Waals surface area (Å²) in [6.07, 6.45) is 8.02. The Bertz CT molecular complexity index is 701. The van der Waals surface area contributed by atoms with Crippen molar-refractivity contribution in [3.05, 3.63) is 17.0 Å². The number of nitrogens with zero attached hydrogens (tertiary/aromatic N) is 3. The maximum absolute atomic E-state index is 12.7. The number of ether oxygens (including phenoxy) is 1.